The molecule has 0 aliphatic heterocycles. The Morgan fingerprint density at radius 3 is 3.18 bits per heavy atom. The number of hydrogen-bond acceptors (Lipinski definition) is 1. The van der Waals surface area contributed by atoms with Gasteiger partial charge >= 0.3 is 0 Å². The van der Waals surface area contributed by atoms with E-state index in [1.807, 2.05) is 6.08 Å². The quantitative estimate of drug-likeness (QED) is 0.508. The van der Waals surface area contributed by atoms with Gasteiger partial charge in [0.1, 0.15) is 0 Å². The Bertz CT molecular complexity index is 214. The summed E-state index contributed by atoms with van der Waals surface area (Å²) in [5, 5.41) is 0.943. The molecule has 0 spiro atoms. The average Bonchev–Trinajstić information content (AvgIpc) is 2.06. The van der Waals surface area contributed by atoms with Crippen LogP contribution in [0, 0.1) is 0 Å². The minimum Gasteiger partial charge on any atom is -0.504 e. The standard InChI is InChI=1S/C9H11BrO/c1-11-7-9-4-2-3-8(5-9)6-10/h2-4,7H,5-6H2,1H3. The fourth-order valence-corrected chi connectivity index (χ4v) is 1.40. The summed E-state index contributed by atoms with van der Waals surface area (Å²) in [5.74, 6) is 0. The van der Waals surface area contributed by atoms with E-state index in [2.05, 4.69) is 28.1 Å². The Balaban J connectivity index is 2.62. The molecule has 0 unspecified atom stereocenters. The third kappa shape index (κ3) is 2.54. The van der Waals surface area contributed by atoms with Crippen LogP contribution < -0.4 is 0 Å². The van der Waals surface area contributed by atoms with E-state index in [1.165, 1.54) is 11.1 Å². The molecule has 1 aliphatic carbocycles. The average molecular weight is 215 g/mol. The van der Waals surface area contributed by atoms with Crippen LogP contribution >= 0.6 is 15.9 Å². The van der Waals surface area contributed by atoms with E-state index in [-0.39, 0.29) is 0 Å². The lowest BCUT2D eigenvalue weighted by molar-refractivity contribution is 0.334. The number of hydrogen-bond donors (Lipinski definition) is 0. The molecule has 0 radical (unpaired) electrons. The zero-order chi connectivity index (χ0) is 8.10. The van der Waals surface area contributed by atoms with Gasteiger partial charge in [-0.05, 0) is 12.0 Å². The normalized spacial score (nSPS) is 20.2. The number of alkyl halides is 1. The number of rotatable bonds is 2. The minimum atomic E-state index is 0.943. The van der Waals surface area contributed by atoms with E-state index in [0.29, 0.717) is 0 Å². The highest BCUT2D eigenvalue weighted by Gasteiger charge is 2.01. The Hall–Kier alpha value is -0.500. The maximum atomic E-state index is 4.92. The molecule has 0 aromatic rings. The number of halogens is 1. The number of ether oxygens (including phenoxy) is 1. The van der Waals surface area contributed by atoms with Crippen molar-refractivity contribution >= 4 is 15.9 Å². The van der Waals surface area contributed by atoms with E-state index >= 15 is 0 Å². The second-order valence-corrected chi connectivity index (χ2v) is 2.98. The molecule has 11 heavy (non-hydrogen) atoms. The van der Waals surface area contributed by atoms with Gasteiger partial charge in [-0.1, -0.05) is 39.7 Å². The molecule has 0 saturated carbocycles. The third-order valence-electron chi connectivity index (χ3n) is 1.51. The SMILES string of the molecule is COC=C1C=CC=C(CBr)C1. The van der Waals surface area contributed by atoms with E-state index in [1.54, 1.807) is 13.4 Å². The molecule has 60 valence electrons. The molecule has 1 nitrogen and oxygen atoms in total. The molecule has 0 atom stereocenters. The summed E-state index contributed by atoms with van der Waals surface area (Å²) >= 11 is 3.42. The maximum absolute atomic E-state index is 4.92. The van der Waals surface area contributed by atoms with Crippen molar-refractivity contribution in [1.82, 2.24) is 0 Å². The molecule has 0 aromatic heterocycles. The van der Waals surface area contributed by atoms with Crippen molar-refractivity contribution in [2.45, 2.75) is 6.42 Å². The van der Waals surface area contributed by atoms with E-state index < -0.39 is 0 Å². The minimum absolute atomic E-state index is 0.943. The van der Waals surface area contributed by atoms with Gasteiger partial charge in [0.25, 0.3) is 0 Å². The maximum Gasteiger partial charge on any atom is 0.0859 e. The van der Waals surface area contributed by atoms with Gasteiger partial charge in [0, 0.05) is 5.33 Å². The third-order valence-corrected chi connectivity index (χ3v) is 2.23. The Labute approximate surface area is 75.6 Å². The van der Waals surface area contributed by atoms with Crippen molar-refractivity contribution in [2.24, 2.45) is 0 Å². The molecule has 0 fully saturated rings. The van der Waals surface area contributed by atoms with Gasteiger partial charge < -0.3 is 4.74 Å². The first-order chi connectivity index (χ1) is 5.36. The van der Waals surface area contributed by atoms with Gasteiger partial charge in [-0.15, -0.1) is 0 Å². The molecule has 0 heterocycles. The number of methoxy groups -OCH3 is 1. The smallest absolute Gasteiger partial charge is 0.0859 e. The zero-order valence-corrected chi connectivity index (χ0v) is 8.10. The first-order valence-corrected chi connectivity index (χ1v) is 4.63. The molecule has 1 rings (SSSR count). The molecule has 0 saturated heterocycles. The van der Waals surface area contributed by atoms with Crippen LogP contribution in [0.2, 0.25) is 0 Å². The Morgan fingerprint density at radius 1 is 1.73 bits per heavy atom. The van der Waals surface area contributed by atoms with Gasteiger partial charge in [-0.2, -0.15) is 0 Å². The molecule has 2 heteroatoms. The lowest BCUT2D eigenvalue weighted by Crippen LogP contribution is -1.92. The highest BCUT2D eigenvalue weighted by atomic mass is 79.9. The van der Waals surface area contributed by atoms with Crippen molar-refractivity contribution in [1.29, 1.82) is 0 Å². The van der Waals surface area contributed by atoms with Crippen molar-refractivity contribution in [3.05, 3.63) is 35.6 Å². The van der Waals surface area contributed by atoms with Gasteiger partial charge in [-0.25, -0.2) is 0 Å². The van der Waals surface area contributed by atoms with Gasteiger partial charge in [-0.3, -0.25) is 0 Å². The lowest BCUT2D eigenvalue weighted by Gasteiger charge is -2.07. The molecular weight excluding hydrogens is 204 g/mol. The summed E-state index contributed by atoms with van der Waals surface area (Å²) in [6, 6.07) is 0. The Kier molecular flexibility index (Phi) is 3.43. The van der Waals surface area contributed by atoms with Crippen LogP contribution in [0.1, 0.15) is 6.42 Å². The van der Waals surface area contributed by atoms with Crippen molar-refractivity contribution in [3.8, 4) is 0 Å². The predicted molar refractivity (Wildman–Crippen MR) is 50.7 cm³/mol. The summed E-state index contributed by atoms with van der Waals surface area (Å²) < 4.78 is 4.92. The van der Waals surface area contributed by atoms with Crippen LogP contribution in [0.15, 0.2) is 35.6 Å². The monoisotopic (exact) mass is 214 g/mol. The van der Waals surface area contributed by atoms with Crippen molar-refractivity contribution < 1.29 is 4.74 Å². The summed E-state index contributed by atoms with van der Waals surface area (Å²) in [4.78, 5) is 0. The Morgan fingerprint density at radius 2 is 2.55 bits per heavy atom. The summed E-state index contributed by atoms with van der Waals surface area (Å²) in [7, 11) is 1.67. The van der Waals surface area contributed by atoms with Gasteiger partial charge in [0.2, 0.25) is 0 Å². The van der Waals surface area contributed by atoms with Crippen LogP contribution in [0.3, 0.4) is 0 Å². The molecule has 0 bridgehead atoms. The fourth-order valence-electron chi connectivity index (χ4n) is 1.01. The van der Waals surface area contributed by atoms with E-state index in [4.69, 9.17) is 4.74 Å². The van der Waals surface area contributed by atoms with Crippen LogP contribution in [-0.2, 0) is 4.74 Å². The van der Waals surface area contributed by atoms with E-state index in [9.17, 15) is 0 Å². The largest absolute Gasteiger partial charge is 0.504 e. The van der Waals surface area contributed by atoms with Crippen LogP contribution in [0.4, 0.5) is 0 Å². The number of allylic oxidation sites excluding steroid dienone is 5. The van der Waals surface area contributed by atoms with Crippen LogP contribution in [0.5, 0.6) is 0 Å². The van der Waals surface area contributed by atoms with Gasteiger partial charge in [0.15, 0.2) is 0 Å². The van der Waals surface area contributed by atoms with Crippen molar-refractivity contribution in [2.75, 3.05) is 12.4 Å². The first-order valence-electron chi connectivity index (χ1n) is 3.50. The zero-order valence-electron chi connectivity index (χ0n) is 6.51. The summed E-state index contributed by atoms with van der Waals surface area (Å²) in [6.45, 7) is 0. The van der Waals surface area contributed by atoms with Gasteiger partial charge in [0.05, 0.1) is 13.4 Å². The molecule has 0 N–H and O–H groups in total. The predicted octanol–water partition coefficient (Wildman–Crippen LogP) is 2.80. The molecular formula is C9H11BrO. The van der Waals surface area contributed by atoms with Crippen LogP contribution in [-0.4, -0.2) is 12.4 Å². The second kappa shape index (κ2) is 4.39. The topological polar surface area (TPSA) is 9.23 Å². The molecule has 1 aliphatic rings. The summed E-state index contributed by atoms with van der Waals surface area (Å²) in [5.41, 5.74) is 2.61. The fraction of sp³-hybridized carbons (Fsp3) is 0.333. The molecule has 0 amide bonds. The highest BCUT2D eigenvalue weighted by molar-refractivity contribution is 9.09. The second-order valence-electron chi connectivity index (χ2n) is 2.42. The first kappa shape index (κ1) is 8.60. The van der Waals surface area contributed by atoms with E-state index in [0.717, 1.165) is 11.8 Å². The molecule has 0 aromatic carbocycles. The highest BCUT2D eigenvalue weighted by Crippen LogP contribution is 2.18. The summed E-state index contributed by atoms with van der Waals surface area (Å²) in [6.07, 6.45) is 9.02. The van der Waals surface area contributed by atoms with Crippen molar-refractivity contribution in [3.63, 3.8) is 0 Å². The van der Waals surface area contributed by atoms with Crippen LogP contribution in [0.25, 0.3) is 0 Å². The lowest BCUT2D eigenvalue weighted by atomic mass is 10.0.